The molecule has 0 bridgehead atoms. The van der Waals surface area contributed by atoms with Gasteiger partial charge in [0.25, 0.3) is 11.5 Å². The van der Waals surface area contributed by atoms with Crippen molar-refractivity contribution in [2.24, 2.45) is 0 Å². The molecule has 1 aromatic carbocycles. The van der Waals surface area contributed by atoms with Gasteiger partial charge in [0.1, 0.15) is 0 Å². The standard InChI is InChI=1S/C23H22N4O2S3/c28-21-14-17(24-23-27(21)11-13-31-23)15-25-7-9-26(10-8-25)22(29)19-5-1-2-6-20(19)32-16-18-4-3-12-30-18/h1-6,11-14H,7-10,15-16H2. The molecular formula is C23H22N4O2S3. The molecule has 0 spiro atoms. The molecule has 0 unspecified atom stereocenters. The average Bonchev–Trinajstić information content (AvgIpc) is 3.50. The number of fused-ring (bicyclic) bond motifs is 1. The molecule has 4 aromatic rings. The number of hydrogen-bond donors (Lipinski definition) is 0. The first kappa shape index (κ1) is 21.4. The van der Waals surface area contributed by atoms with Crippen LogP contribution in [0.1, 0.15) is 20.9 Å². The number of carbonyl (C=O) groups is 1. The number of rotatable bonds is 6. The molecule has 1 amide bonds. The lowest BCUT2D eigenvalue weighted by molar-refractivity contribution is 0.0623. The third-order valence-electron chi connectivity index (χ3n) is 5.47. The van der Waals surface area contributed by atoms with Gasteiger partial charge in [-0.1, -0.05) is 18.2 Å². The Bertz CT molecular complexity index is 1270. The first-order chi connectivity index (χ1) is 15.7. The number of carbonyl (C=O) groups excluding carboxylic acids is 1. The minimum Gasteiger partial charge on any atom is -0.336 e. The van der Waals surface area contributed by atoms with Gasteiger partial charge >= 0.3 is 0 Å². The maximum Gasteiger partial charge on any atom is 0.258 e. The summed E-state index contributed by atoms with van der Waals surface area (Å²) in [5.74, 6) is 0.965. The average molecular weight is 483 g/mol. The Labute approximate surface area is 198 Å². The zero-order valence-electron chi connectivity index (χ0n) is 17.3. The molecule has 4 heterocycles. The minimum absolute atomic E-state index is 0.0447. The second kappa shape index (κ2) is 9.58. The van der Waals surface area contributed by atoms with E-state index in [0.717, 1.165) is 40.0 Å². The van der Waals surface area contributed by atoms with E-state index < -0.39 is 0 Å². The Kier molecular flexibility index (Phi) is 6.40. The van der Waals surface area contributed by atoms with Crippen LogP contribution in [0.15, 0.2) is 69.1 Å². The Morgan fingerprint density at radius 2 is 1.88 bits per heavy atom. The van der Waals surface area contributed by atoms with Crippen LogP contribution in [0.4, 0.5) is 0 Å². The molecule has 0 atom stereocenters. The normalized spacial score (nSPS) is 14.8. The van der Waals surface area contributed by atoms with Crippen molar-refractivity contribution in [2.45, 2.75) is 17.2 Å². The molecule has 0 saturated carbocycles. The summed E-state index contributed by atoms with van der Waals surface area (Å²) in [5, 5.41) is 3.95. The van der Waals surface area contributed by atoms with E-state index in [1.54, 1.807) is 39.8 Å². The minimum atomic E-state index is -0.0447. The fraction of sp³-hybridized carbons (Fsp3) is 0.261. The predicted octanol–water partition coefficient (Wildman–Crippen LogP) is 4.07. The summed E-state index contributed by atoms with van der Waals surface area (Å²) in [4.78, 5) is 37.3. The van der Waals surface area contributed by atoms with Crippen LogP contribution in [-0.2, 0) is 12.3 Å². The van der Waals surface area contributed by atoms with E-state index in [-0.39, 0.29) is 11.5 Å². The van der Waals surface area contributed by atoms with Crippen molar-refractivity contribution in [3.63, 3.8) is 0 Å². The number of benzene rings is 1. The van der Waals surface area contributed by atoms with Crippen LogP contribution in [0.2, 0.25) is 0 Å². The molecule has 164 valence electrons. The molecule has 9 heteroatoms. The van der Waals surface area contributed by atoms with Gasteiger partial charge in [0.15, 0.2) is 4.96 Å². The lowest BCUT2D eigenvalue weighted by Crippen LogP contribution is -2.48. The van der Waals surface area contributed by atoms with Gasteiger partial charge in [0, 0.05) is 65.9 Å². The van der Waals surface area contributed by atoms with Crippen LogP contribution in [-0.4, -0.2) is 51.3 Å². The first-order valence-corrected chi connectivity index (χ1v) is 13.1. The highest BCUT2D eigenvalue weighted by atomic mass is 32.2. The lowest BCUT2D eigenvalue weighted by atomic mass is 10.1. The van der Waals surface area contributed by atoms with Gasteiger partial charge in [-0.3, -0.25) is 18.9 Å². The van der Waals surface area contributed by atoms with E-state index in [2.05, 4.69) is 27.4 Å². The number of hydrogen-bond acceptors (Lipinski definition) is 7. The van der Waals surface area contributed by atoms with E-state index >= 15 is 0 Å². The summed E-state index contributed by atoms with van der Waals surface area (Å²) < 4.78 is 1.57. The number of nitrogens with zero attached hydrogens (tertiary/aromatic N) is 4. The highest BCUT2D eigenvalue weighted by Crippen LogP contribution is 2.29. The highest BCUT2D eigenvalue weighted by molar-refractivity contribution is 7.98. The summed E-state index contributed by atoms with van der Waals surface area (Å²) in [5.41, 5.74) is 1.52. The monoisotopic (exact) mass is 482 g/mol. The number of amides is 1. The SMILES string of the molecule is O=C(c1ccccc1SCc1cccs1)N1CCN(Cc2cc(=O)n3ccsc3n2)CC1. The van der Waals surface area contributed by atoms with Crippen LogP contribution >= 0.6 is 34.4 Å². The van der Waals surface area contributed by atoms with Crippen molar-refractivity contribution in [3.05, 3.63) is 85.9 Å². The Hall–Kier alpha value is -2.46. The summed E-state index contributed by atoms with van der Waals surface area (Å²) in [6.07, 6.45) is 1.75. The predicted molar refractivity (Wildman–Crippen MR) is 131 cm³/mol. The zero-order valence-corrected chi connectivity index (χ0v) is 19.8. The fourth-order valence-electron chi connectivity index (χ4n) is 3.79. The van der Waals surface area contributed by atoms with Crippen molar-refractivity contribution in [3.8, 4) is 0 Å². The van der Waals surface area contributed by atoms with Crippen LogP contribution in [0.25, 0.3) is 4.96 Å². The Balaban J connectivity index is 1.21. The van der Waals surface area contributed by atoms with Gasteiger partial charge in [-0.05, 0) is 23.6 Å². The molecule has 3 aromatic heterocycles. The highest BCUT2D eigenvalue weighted by Gasteiger charge is 2.24. The zero-order chi connectivity index (χ0) is 21.9. The second-order valence-corrected chi connectivity index (χ2v) is 10.5. The topological polar surface area (TPSA) is 57.9 Å². The fourth-order valence-corrected chi connectivity index (χ4v) is 6.35. The van der Waals surface area contributed by atoms with Crippen molar-refractivity contribution in [1.29, 1.82) is 0 Å². The summed E-state index contributed by atoms with van der Waals surface area (Å²) in [6, 6.07) is 13.7. The van der Waals surface area contributed by atoms with E-state index in [1.165, 1.54) is 16.2 Å². The smallest absolute Gasteiger partial charge is 0.258 e. The number of piperazine rings is 1. The molecule has 0 N–H and O–H groups in total. The quantitative estimate of drug-likeness (QED) is 0.388. The molecule has 1 saturated heterocycles. The third kappa shape index (κ3) is 4.66. The van der Waals surface area contributed by atoms with Crippen LogP contribution in [0.3, 0.4) is 0 Å². The van der Waals surface area contributed by atoms with E-state index in [4.69, 9.17) is 0 Å². The summed E-state index contributed by atoms with van der Waals surface area (Å²) in [7, 11) is 0. The van der Waals surface area contributed by atoms with Gasteiger partial charge in [-0.2, -0.15) is 0 Å². The lowest BCUT2D eigenvalue weighted by Gasteiger charge is -2.34. The van der Waals surface area contributed by atoms with Crippen molar-refractivity contribution in [2.75, 3.05) is 26.2 Å². The summed E-state index contributed by atoms with van der Waals surface area (Å²) in [6.45, 7) is 3.49. The van der Waals surface area contributed by atoms with Gasteiger partial charge < -0.3 is 4.90 Å². The Morgan fingerprint density at radius 1 is 1.03 bits per heavy atom. The van der Waals surface area contributed by atoms with Gasteiger partial charge in [-0.25, -0.2) is 4.98 Å². The molecule has 0 radical (unpaired) electrons. The maximum atomic E-state index is 13.3. The number of thiophene rings is 1. The molecule has 32 heavy (non-hydrogen) atoms. The second-order valence-electron chi connectivity index (χ2n) is 7.57. The number of aromatic nitrogens is 2. The van der Waals surface area contributed by atoms with Crippen LogP contribution in [0, 0.1) is 0 Å². The van der Waals surface area contributed by atoms with Gasteiger partial charge in [-0.15, -0.1) is 34.4 Å². The van der Waals surface area contributed by atoms with E-state index in [1.807, 2.05) is 34.5 Å². The molecule has 1 fully saturated rings. The van der Waals surface area contributed by atoms with Crippen molar-refractivity contribution < 1.29 is 4.79 Å². The molecule has 1 aliphatic rings. The molecule has 5 rings (SSSR count). The molecule has 0 aliphatic carbocycles. The first-order valence-electron chi connectivity index (χ1n) is 10.4. The third-order valence-corrected chi connectivity index (χ3v) is 8.41. The van der Waals surface area contributed by atoms with Crippen LogP contribution < -0.4 is 5.56 Å². The van der Waals surface area contributed by atoms with Crippen molar-refractivity contribution in [1.82, 2.24) is 19.2 Å². The Morgan fingerprint density at radius 3 is 2.69 bits per heavy atom. The van der Waals surface area contributed by atoms with Gasteiger partial charge in [0.2, 0.25) is 0 Å². The number of thiazole rings is 1. The van der Waals surface area contributed by atoms with Gasteiger partial charge in [0.05, 0.1) is 11.3 Å². The molecule has 1 aliphatic heterocycles. The maximum absolute atomic E-state index is 13.3. The van der Waals surface area contributed by atoms with Crippen molar-refractivity contribution >= 4 is 45.3 Å². The van der Waals surface area contributed by atoms with E-state index in [0.29, 0.717) is 19.6 Å². The van der Waals surface area contributed by atoms with Crippen LogP contribution in [0.5, 0.6) is 0 Å². The largest absolute Gasteiger partial charge is 0.336 e. The molecular weight excluding hydrogens is 460 g/mol. The summed E-state index contributed by atoms with van der Waals surface area (Å²) >= 11 is 4.92. The number of thioether (sulfide) groups is 1. The van der Waals surface area contributed by atoms with E-state index in [9.17, 15) is 9.59 Å². The molecule has 6 nitrogen and oxygen atoms in total.